The molecule has 0 aromatic heterocycles. The van der Waals surface area contributed by atoms with Crippen LogP contribution in [0.25, 0.3) is 0 Å². The third-order valence-electron chi connectivity index (χ3n) is 1.67. The van der Waals surface area contributed by atoms with Gasteiger partial charge in [-0.05, 0) is 17.5 Å². The highest BCUT2D eigenvalue weighted by Crippen LogP contribution is 2.16. The summed E-state index contributed by atoms with van der Waals surface area (Å²) in [6.07, 6.45) is 0. The van der Waals surface area contributed by atoms with Gasteiger partial charge in [-0.25, -0.2) is 0 Å². The van der Waals surface area contributed by atoms with Crippen LogP contribution >= 0.6 is 15.9 Å². The number of rotatable bonds is 4. The van der Waals surface area contributed by atoms with E-state index >= 15 is 0 Å². The van der Waals surface area contributed by atoms with E-state index in [1.54, 1.807) is 0 Å². The molecule has 0 N–H and O–H groups in total. The molecular formula is C11H15BrO. The van der Waals surface area contributed by atoms with Crippen molar-refractivity contribution in [1.29, 1.82) is 0 Å². The Labute approximate surface area is 88.2 Å². The summed E-state index contributed by atoms with van der Waals surface area (Å²) >= 11 is 3.48. The monoisotopic (exact) mass is 242 g/mol. The van der Waals surface area contributed by atoms with Gasteiger partial charge in [-0.3, -0.25) is 0 Å². The van der Waals surface area contributed by atoms with Gasteiger partial charge in [-0.2, -0.15) is 0 Å². The van der Waals surface area contributed by atoms with E-state index in [9.17, 15) is 0 Å². The summed E-state index contributed by atoms with van der Waals surface area (Å²) in [7, 11) is 0. The molecule has 13 heavy (non-hydrogen) atoms. The first-order valence-electron chi connectivity index (χ1n) is 4.51. The van der Waals surface area contributed by atoms with Crippen LogP contribution in [-0.4, -0.2) is 6.61 Å². The van der Waals surface area contributed by atoms with Crippen molar-refractivity contribution in [1.82, 2.24) is 0 Å². The molecule has 0 atom stereocenters. The van der Waals surface area contributed by atoms with Crippen LogP contribution < -0.4 is 0 Å². The standard InChI is InChI=1S/C11H15BrO/c1-9(2)7-13-8-10-5-3-4-6-11(10)12/h3-6,9H,7-8H2,1-2H3. The summed E-state index contributed by atoms with van der Waals surface area (Å²) in [5.74, 6) is 0.600. The quantitative estimate of drug-likeness (QED) is 0.784. The van der Waals surface area contributed by atoms with Gasteiger partial charge in [0.15, 0.2) is 0 Å². The highest BCUT2D eigenvalue weighted by atomic mass is 79.9. The van der Waals surface area contributed by atoms with Gasteiger partial charge in [0.1, 0.15) is 0 Å². The molecule has 0 heterocycles. The molecule has 0 saturated heterocycles. The predicted octanol–water partition coefficient (Wildman–Crippen LogP) is 3.62. The number of hydrogen-bond donors (Lipinski definition) is 0. The first kappa shape index (κ1) is 10.7. The lowest BCUT2D eigenvalue weighted by Gasteiger charge is -2.07. The van der Waals surface area contributed by atoms with Crippen LogP contribution in [-0.2, 0) is 11.3 Å². The van der Waals surface area contributed by atoms with Crippen LogP contribution in [0, 0.1) is 5.92 Å². The molecule has 0 saturated carbocycles. The fourth-order valence-electron chi connectivity index (χ4n) is 1.02. The molecule has 72 valence electrons. The van der Waals surface area contributed by atoms with Gasteiger partial charge < -0.3 is 4.74 Å². The van der Waals surface area contributed by atoms with Gasteiger partial charge >= 0.3 is 0 Å². The van der Waals surface area contributed by atoms with E-state index in [1.165, 1.54) is 5.56 Å². The molecule has 1 rings (SSSR count). The largest absolute Gasteiger partial charge is 0.376 e. The summed E-state index contributed by atoms with van der Waals surface area (Å²) in [6, 6.07) is 8.15. The van der Waals surface area contributed by atoms with E-state index in [4.69, 9.17) is 4.74 Å². The lowest BCUT2D eigenvalue weighted by molar-refractivity contribution is 0.0967. The van der Waals surface area contributed by atoms with Crippen LogP contribution in [0.2, 0.25) is 0 Å². The van der Waals surface area contributed by atoms with E-state index in [0.717, 1.165) is 11.1 Å². The topological polar surface area (TPSA) is 9.23 Å². The predicted molar refractivity (Wildman–Crippen MR) is 58.6 cm³/mol. The molecule has 0 spiro atoms. The summed E-state index contributed by atoms with van der Waals surface area (Å²) in [5, 5.41) is 0. The van der Waals surface area contributed by atoms with Gasteiger partial charge in [0, 0.05) is 11.1 Å². The maximum absolute atomic E-state index is 5.53. The van der Waals surface area contributed by atoms with Crippen molar-refractivity contribution < 1.29 is 4.74 Å². The molecule has 1 aromatic carbocycles. The van der Waals surface area contributed by atoms with E-state index in [1.807, 2.05) is 18.2 Å². The molecular weight excluding hydrogens is 228 g/mol. The smallest absolute Gasteiger partial charge is 0.0727 e. The van der Waals surface area contributed by atoms with Crippen LogP contribution in [0.1, 0.15) is 19.4 Å². The Morgan fingerprint density at radius 2 is 2.00 bits per heavy atom. The van der Waals surface area contributed by atoms with Crippen molar-refractivity contribution in [2.75, 3.05) is 6.61 Å². The molecule has 1 nitrogen and oxygen atoms in total. The number of hydrogen-bond acceptors (Lipinski definition) is 1. The van der Waals surface area contributed by atoms with Crippen LogP contribution in [0.3, 0.4) is 0 Å². The first-order valence-corrected chi connectivity index (χ1v) is 5.30. The summed E-state index contributed by atoms with van der Waals surface area (Å²) in [4.78, 5) is 0. The number of halogens is 1. The second-order valence-corrected chi connectivity index (χ2v) is 4.35. The van der Waals surface area contributed by atoms with Crippen molar-refractivity contribution in [2.45, 2.75) is 20.5 Å². The van der Waals surface area contributed by atoms with E-state index < -0.39 is 0 Å². The van der Waals surface area contributed by atoms with Crippen molar-refractivity contribution in [3.63, 3.8) is 0 Å². The average molecular weight is 243 g/mol. The zero-order valence-corrected chi connectivity index (χ0v) is 9.67. The Kier molecular flexibility index (Phi) is 4.46. The van der Waals surface area contributed by atoms with Crippen molar-refractivity contribution >= 4 is 15.9 Å². The lowest BCUT2D eigenvalue weighted by atomic mass is 10.2. The highest BCUT2D eigenvalue weighted by molar-refractivity contribution is 9.10. The third kappa shape index (κ3) is 3.92. The fourth-order valence-corrected chi connectivity index (χ4v) is 1.42. The van der Waals surface area contributed by atoms with Crippen molar-refractivity contribution in [3.8, 4) is 0 Å². The molecule has 1 aromatic rings. The van der Waals surface area contributed by atoms with Crippen LogP contribution in [0.5, 0.6) is 0 Å². The minimum Gasteiger partial charge on any atom is -0.376 e. The maximum atomic E-state index is 5.53. The van der Waals surface area contributed by atoms with E-state index in [0.29, 0.717) is 12.5 Å². The van der Waals surface area contributed by atoms with Crippen molar-refractivity contribution in [2.24, 2.45) is 5.92 Å². The molecule has 0 amide bonds. The second-order valence-electron chi connectivity index (χ2n) is 3.50. The SMILES string of the molecule is CC(C)COCc1ccccc1Br. The third-order valence-corrected chi connectivity index (χ3v) is 2.44. The summed E-state index contributed by atoms with van der Waals surface area (Å²) in [6.45, 7) is 5.82. The van der Waals surface area contributed by atoms with E-state index in [2.05, 4.69) is 35.8 Å². The van der Waals surface area contributed by atoms with E-state index in [-0.39, 0.29) is 0 Å². The number of ether oxygens (including phenoxy) is 1. The summed E-state index contributed by atoms with van der Waals surface area (Å²) < 4.78 is 6.66. The van der Waals surface area contributed by atoms with Crippen molar-refractivity contribution in [3.05, 3.63) is 34.3 Å². The molecule has 0 fully saturated rings. The van der Waals surface area contributed by atoms with Crippen LogP contribution in [0.4, 0.5) is 0 Å². The molecule has 0 aliphatic rings. The Bertz CT molecular complexity index is 258. The minimum absolute atomic E-state index is 0.600. The molecule has 0 unspecified atom stereocenters. The molecule has 2 heteroatoms. The fraction of sp³-hybridized carbons (Fsp3) is 0.455. The Balaban J connectivity index is 2.41. The van der Waals surface area contributed by atoms with Gasteiger partial charge in [0.25, 0.3) is 0 Å². The normalized spacial score (nSPS) is 10.8. The highest BCUT2D eigenvalue weighted by Gasteiger charge is 1.99. The van der Waals surface area contributed by atoms with Gasteiger partial charge in [0.05, 0.1) is 6.61 Å². The zero-order valence-electron chi connectivity index (χ0n) is 8.09. The maximum Gasteiger partial charge on any atom is 0.0727 e. The van der Waals surface area contributed by atoms with Gasteiger partial charge in [-0.15, -0.1) is 0 Å². The van der Waals surface area contributed by atoms with Gasteiger partial charge in [-0.1, -0.05) is 48.0 Å². The van der Waals surface area contributed by atoms with Crippen LogP contribution in [0.15, 0.2) is 28.7 Å². The average Bonchev–Trinajstić information content (AvgIpc) is 2.08. The second kappa shape index (κ2) is 5.40. The molecule has 0 aliphatic carbocycles. The Morgan fingerprint density at radius 1 is 1.31 bits per heavy atom. The Morgan fingerprint density at radius 3 is 2.62 bits per heavy atom. The minimum atomic E-state index is 0.600. The van der Waals surface area contributed by atoms with Gasteiger partial charge in [0.2, 0.25) is 0 Å². The molecule has 0 radical (unpaired) electrons. The molecule has 0 bridgehead atoms. The molecule has 0 aliphatic heterocycles. The summed E-state index contributed by atoms with van der Waals surface area (Å²) in [5.41, 5.74) is 1.21. The Hall–Kier alpha value is -0.340. The zero-order chi connectivity index (χ0) is 9.68. The number of benzene rings is 1. The lowest BCUT2D eigenvalue weighted by Crippen LogP contribution is -2.02. The first-order chi connectivity index (χ1) is 6.20.